The summed E-state index contributed by atoms with van der Waals surface area (Å²) in [5.41, 5.74) is 0.479. The zero-order chi connectivity index (χ0) is 14.6. The Bertz CT molecular complexity index is 447. The molecular formula is C13H17BrO5. The van der Waals surface area contributed by atoms with E-state index < -0.39 is 24.3 Å². The molecule has 1 aromatic carbocycles. The monoisotopic (exact) mass is 332 g/mol. The molecule has 0 heterocycles. The highest BCUT2D eigenvalue weighted by Gasteiger charge is 2.25. The van der Waals surface area contributed by atoms with E-state index in [1.807, 2.05) is 0 Å². The molecule has 106 valence electrons. The maximum Gasteiger partial charge on any atom is 0.337 e. The molecule has 0 fully saturated rings. The molecule has 1 aromatic rings. The number of rotatable bonds is 6. The number of carboxylic acids is 1. The van der Waals surface area contributed by atoms with E-state index in [1.54, 1.807) is 32.0 Å². The Morgan fingerprint density at radius 3 is 2.42 bits per heavy atom. The Kier molecular flexibility index (Phi) is 5.78. The van der Waals surface area contributed by atoms with Crippen LogP contribution in [0.3, 0.4) is 0 Å². The third kappa shape index (κ3) is 4.19. The summed E-state index contributed by atoms with van der Waals surface area (Å²) in [7, 11) is 1.53. The number of aliphatic hydroxyl groups is 1. The molecule has 0 aliphatic heterocycles. The van der Waals surface area contributed by atoms with Crippen molar-refractivity contribution < 1.29 is 24.5 Å². The van der Waals surface area contributed by atoms with Crippen LogP contribution in [0, 0.1) is 0 Å². The van der Waals surface area contributed by atoms with Gasteiger partial charge in [-0.1, -0.05) is 6.07 Å². The van der Waals surface area contributed by atoms with Crippen LogP contribution in [-0.4, -0.2) is 35.5 Å². The molecule has 0 aromatic heterocycles. The van der Waals surface area contributed by atoms with E-state index in [0.29, 0.717) is 15.8 Å². The number of ether oxygens (including phenoxy) is 2. The second-order valence-electron chi connectivity index (χ2n) is 4.19. The molecule has 3 unspecified atom stereocenters. The minimum absolute atomic E-state index is 0.479. The second-order valence-corrected chi connectivity index (χ2v) is 5.05. The van der Waals surface area contributed by atoms with Crippen molar-refractivity contribution in [1.29, 1.82) is 0 Å². The molecule has 0 bridgehead atoms. The van der Waals surface area contributed by atoms with Crippen LogP contribution >= 0.6 is 15.9 Å². The molecule has 19 heavy (non-hydrogen) atoms. The molecule has 5 nitrogen and oxygen atoms in total. The third-order valence-corrected chi connectivity index (χ3v) is 3.35. The Hall–Kier alpha value is -1.11. The average molecular weight is 333 g/mol. The van der Waals surface area contributed by atoms with Gasteiger partial charge in [0.15, 0.2) is 6.10 Å². The van der Waals surface area contributed by atoms with Crippen molar-refractivity contribution in [3.8, 4) is 5.75 Å². The van der Waals surface area contributed by atoms with Gasteiger partial charge < -0.3 is 19.7 Å². The maximum absolute atomic E-state index is 11.3. The minimum atomic E-state index is -1.13. The second kappa shape index (κ2) is 6.88. The van der Waals surface area contributed by atoms with E-state index in [1.165, 1.54) is 7.11 Å². The Labute approximate surface area is 120 Å². The number of carbonyl (C=O) groups is 1. The van der Waals surface area contributed by atoms with Gasteiger partial charge in [-0.15, -0.1) is 0 Å². The summed E-state index contributed by atoms with van der Waals surface area (Å²) in [5, 5.41) is 18.6. The maximum atomic E-state index is 11.3. The van der Waals surface area contributed by atoms with E-state index in [4.69, 9.17) is 9.47 Å². The van der Waals surface area contributed by atoms with Crippen LogP contribution in [0.25, 0.3) is 0 Å². The van der Waals surface area contributed by atoms with E-state index >= 15 is 0 Å². The first kappa shape index (κ1) is 15.9. The topological polar surface area (TPSA) is 76.0 Å². The van der Waals surface area contributed by atoms with Crippen molar-refractivity contribution in [1.82, 2.24) is 0 Å². The fourth-order valence-corrected chi connectivity index (χ4v) is 2.01. The van der Waals surface area contributed by atoms with E-state index in [9.17, 15) is 15.0 Å². The predicted octanol–water partition coefficient (Wildman–Crippen LogP) is 2.37. The lowest BCUT2D eigenvalue weighted by Crippen LogP contribution is -2.28. The van der Waals surface area contributed by atoms with Gasteiger partial charge in [0, 0.05) is 0 Å². The van der Waals surface area contributed by atoms with Gasteiger partial charge in [-0.3, -0.25) is 0 Å². The summed E-state index contributed by atoms with van der Waals surface area (Å²) >= 11 is 3.30. The molecule has 0 aliphatic rings. The number of hydrogen-bond acceptors (Lipinski definition) is 4. The zero-order valence-corrected chi connectivity index (χ0v) is 12.5. The Balaban J connectivity index is 3.00. The normalized spacial score (nSPS) is 15.6. The molecule has 3 atom stereocenters. The summed E-state index contributed by atoms with van der Waals surface area (Å²) in [6.45, 7) is 3.17. The quantitative estimate of drug-likeness (QED) is 0.836. The SMILES string of the molecule is COc1ccc(C(OC(C)C(C)O)C(=O)O)cc1Br. The zero-order valence-electron chi connectivity index (χ0n) is 11.0. The van der Waals surface area contributed by atoms with Crippen molar-refractivity contribution in [2.75, 3.05) is 7.11 Å². The number of aliphatic hydroxyl groups excluding tert-OH is 1. The fraction of sp³-hybridized carbons (Fsp3) is 0.462. The van der Waals surface area contributed by atoms with E-state index in [-0.39, 0.29) is 0 Å². The van der Waals surface area contributed by atoms with Crippen molar-refractivity contribution >= 4 is 21.9 Å². The molecule has 0 saturated heterocycles. The number of carboxylic acid groups (broad SMARTS) is 1. The van der Waals surface area contributed by atoms with Gasteiger partial charge in [0.25, 0.3) is 0 Å². The first-order valence-corrected chi connectivity index (χ1v) is 6.56. The summed E-state index contributed by atoms with van der Waals surface area (Å²) in [6, 6.07) is 4.91. The summed E-state index contributed by atoms with van der Waals surface area (Å²) in [4.78, 5) is 11.3. The lowest BCUT2D eigenvalue weighted by atomic mass is 10.1. The molecule has 2 N–H and O–H groups in total. The molecule has 0 aliphatic carbocycles. The minimum Gasteiger partial charge on any atom is -0.496 e. The van der Waals surface area contributed by atoms with Crippen LogP contribution in [0.5, 0.6) is 5.75 Å². The van der Waals surface area contributed by atoms with Crippen LogP contribution in [0.4, 0.5) is 0 Å². The summed E-state index contributed by atoms with van der Waals surface area (Å²) < 4.78 is 11.1. The van der Waals surface area contributed by atoms with Crippen molar-refractivity contribution in [3.05, 3.63) is 28.2 Å². The van der Waals surface area contributed by atoms with E-state index in [2.05, 4.69) is 15.9 Å². The third-order valence-electron chi connectivity index (χ3n) is 2.73. The highest BCUT2D eigenvalue weighted by molar-refractivity contribution is 9.10. The fourth-order valence-electron chi connectivity index (χ4n) is 1.45. The molecule has 0 saturated carbocycles. The number of benzene rings is 1. The van der Waals surface area contributed by atoms with Gasteiger partial charge in [0.05, 0.1) is 23.8 Å². The lowest BCUT2D eigenvalue weighted by Gasteiger charge is -2.22. The smallest absolute Gasteiger partial charge is 0.337 e. The lowest BCUT2D eigenvalue weighted by molar-refractivity contribution is -0.158. The largest absolute Gasteiger partial charge is 0.496 e. The first-order valence-electron chi connectivity index (χ1n) is 5.76. The average Bonchev–Trinajstić information content (AvgIpc) is 2.34. The Morgan fingerprint density at radius 1 is 1.37 bits per heavy atom. The Morgan fingerprint density at radius 2 is 2.00 bits per heavy atom. The molecule has 1 rings (SSSR count). The number of halogens is 1. The van der Waals surface area contributed by atoms with Crippen LogP contribution in [0.15, 0.2) is 22.7 Å². The van der Waals surface area contributed by atoms with E-state index in [0.717, 1.165) is 0 Å². The van der Waals surface area contributed by atoms with Gasteiger partial charge in [-0.05, 0) is 47.5 Å². The van der Waals surface area contributed by atoms with Crippen LogP contribution in [0.1, 0.15) is 25.5 Å². The van der Waals surface area contributed by atoms with Gasteiger partial charge in [-0.25, -0.2) is 4.79 Å². The molecular weight excluding hydrogens is 316 g/mol. The summed E-state index contributed by atoms with van der Waals surface area (Å²) in [5.74, 6) is -0.499. The van der Waals surface area contributed by atoms with Crippen LogP contribution < -0.4 is 4.74 Å². The van der Waals surface area contributed by atoms with Crippen LogP contribution in [0.2, 0.25) is 0 Å². The number of aliphatic carboxylic acids is 1. The molecule has 0 amide bonds. The number of methoxy groups -OCH3 is 1. The predicted molar refractivity (Wildman–Crippen MR) is 73.3 cm³/mol. The highest BCUT2D eigenvalue weighted by atomic mass is 79.9. The van der Waals surface area contributed by atoms with Gasteiger partial charge in [-0.2, -0.15) is 0 Å². The van der Waals surface area contributed by atoms with Crippen molar-refractivity contribution in [3.63, 3.8) is 0 Å². The first-order chi connectivity index (χ1) is 8.86. The van der Waals surface area contributed by atoms with Gasteiger partial charge in [0.2, 0.25) is 0 Å². The van der Waals surface area contributed by atoms with Gasteiger partial charge >= 0.3 is 5.97 Å². The van der Waals surface area contributed by atoms with Gasteiger partial charge in [0.1, 0.15) is 5.75 Å². The molecule has 6 heteroatoms. The van der Waals surface area contributed by atoms with Crippen molar-refractivity contribution in [2.45, 2.75) is 32.2 Å². The van der Waals surface area contributed by atoms with Crippen LogP contribution in [-0.2, 0) is 9.53 Å². The number of hydrogen-bond donors (Lipinski definition) is 2. The molecule has 0 spiro atoms. The summed E-state index contributed by atoms with van der Waals surface area (Å²) in [6.07, 6.45) is -2.46. The molecule has 0 radical (unpaired) electrons. The standard InChI is InChI=1S/C13H17BrO5/c1-7(15)8(2)19-12(13(16)17)9-4-5-11(18-3)10(14)6-9/h4-8,12,15H,1-3H3,(H,16,17). The van der Waals surface area contributed by atoms with Crippen molar-refractivity contribution in [2.24, 2.45) is 0 Å². The highest BCUT2D eigenvalue weighted by Crippen LogP contribution is 2.30.